The second kappa shape index (κ2) is 10.3. The van der Waals surface area contributed by atoms with Gasteiger partial charge in [-0.2, -0.15) is 5.10 Å². The average molecular weight is 478 g/mol. The van der Waals surface area contributed by atoms with Gasteiger partial charge in [-0.05, 0) is 57.9 Å². The monoisotopic (exact) mass is 477 g/mol. The molecule has 1 aliphatic rings. The van der Waals surface area contributed by atoms with Crippen LogP contribution < -0.4 is 4.90 Å². The van der Waals surface area contributed by atoms with Gasteiger partial charge in [0.15, 0.2) is 5.13 Å². The zero-order valence-electron chi connectivity index (χ0n) is 19.4. The number of hydrogen-bond donors (Lipinski definition) is 0. The van der Waals surface area contributed by atoms with Gasteiger partial charge in [-0.25, -0.2) is 4.98 Å². The molecule has 0 spiro atoms. The summed E-state index contributed by atoms with van der Waals surface area (Å²) >= 11 is 1.58. The van der Waals surface area contributed by atoms with E-state index in [0.717, 1.165) is 53.9 Å². The van der Waals surface area contributed by atoms with Crippen LogP contribution in [-0.2, 0) is 4.74 Å². The Bertz CT molecular complexity index is 1090. The van der Waals surface area contributed by atoms with Crippen LogP contribution in [0.5, 0.6) is 0 Å². The Labute approximate surface area is 199 Å². The van der Waals surface area contributed by atoms with E-state index in [2.05, 4.69) is 36.0 Å². The van der Waals surface area contributed by atoms with Crippen molar-refractivity contribution in [1.82, 2.24) is 19.7 Å². The predicted octanol–water partition coefficient (Wildman–Crippen LogP) is 4.40. The number of carbonyl (C=O) groups is 1. The molecule has 1 aliphatic heterocycles. The highest BCUT2D eigenvalue weighted by Gasteiger charge is 2.27. The van der Waals surface area contributed by atoms with Gasteiger partial charge in [0, 0.05) is 32.2 Å². The third-order valence-corrected chi connectivity index (χ3v) is 6.90. The molecule has 3 aromatic rings. The Balaban J connectivity index is 0.00000289. The van der Waals surface area contributed by atoms with Crippen LogP contribution in [0.2, 0.25) is 0 Å². The highest BCUT2D eigenvalue weighted by atomic mass is 35.5. The number of aromatic nitrogens is 3. The maximum absolute atomic E-state index is 13.8. The van der Waals surface area contributed by atoms with E-state index >= 15 is 0 Å². The van der Waals surface area contributed by atoms with Crippen LogP contribution in [0.3, 0.4) is 0 Å². The molecule has 0 N–H and O–H groups in total. The lowest BCUT2D eigenvalue weighted by atomic mass is 10.1. The normalized spacial score (nSPS) is 14.7. The number of carbonyl (C=O) groups excluding carboxylic acids is 1. The molecule has 7 nitrogen and oxygen atoms in total. The van der Waals surface area contributed by atoms with Crippen molar-refractivity contribution in [2.75, 3.05) is 44.3 Å². The Kier molecular flexibility index (Phi) is 7.92. The van der Waals surface area contributed by atoms with Crippen LogP contribution in [0.4, 0.5) is 5.13 Å². The Hall–Kier alpha value is -2.00. The number of rotatable bonds is 6. The van der Waals surface area contributed by atoms with Gasteiger partial charge in [-0.3, -0.25) is 19.3 Å². The molecule has 32 heavy (non-hydrogen) atoms. The first-order valence-electron chi connectivity index (χ1n) is 10.9. The molecule has 0 atom stereocenters. The van der Waals surface area contributed by atoms with Gasteiger partial charge >= 0.3 is 0 Å². The minimum atomic E-state index is -0.0454. The maximum atomic E-state index is 13.8. The standard InChI is InChI=1S/C23H31N5O2S.ClH/c1-15(2)28-19(14-17(4)25-28)22(29)27(9-8-26-10-12-30-13-11-26)23-24-21-18(5)16(3)6-7-20(21)31-23;/h6-7,14-15H,8-13H2,1-5H3;1H. The molecule has 1 fully saturated rings. The summed E-state index contributed by atoms with van der Waals surface area (Å²) in [5.74, 6) is -0.0454. The minimum absolute atomic E-state index is 0. The van der Waals surface area contributed by atoms with Gasteiger partial charge in [0.1, 0.15) is 5.69 Å². The number of ether oxygens (including phenoxy) is 1. The third-order valence-electron chi connectivity index (χ3n) is 5.86. The van der Waals surface area contributed by atoms with Gasteiger partial charge in [0.25, 0.3) is 5.91 Å². The van der Waals surface area contributed by atoms with Crippen LogP contribution in [0.1, 0.15) is 47.2 Å². The van der Waals surface area contributed by atoms with Crippen LogP contribution in [0.25, 0.3) is 10.2 Å². The van der Waals surface area contributed by atoms with Gasteiger partial charge < -0.3 is 4.74 Å². The lowest BCUT2D eigenvalue weighted by Crippen LogP contribution is -2.43. The first kappa shape index (κ1) is 24.6. The summed E-state index contributed by atoms with van der Waals surface area (Å²) in [6, 6.07) is 6.21. The van der Waals surface area contributed by atoms with E-state index in [1.807, 2.05) is 36.4 Å². The number of aryl methyl sites for hydroxylation is 3. The predicted molar refractivity (Wildman–Crippen MR) is 133 cm³/mol. The van der Waals surface area contributed by atoms with Gasteiger partial charge in [0.2, 0.25) is 0 Å². The van der Waals surface area contributed by atoms with E-state index in [1.165, 1.54) is 11.1 Å². The summed E-state index contributed by atoms with van der Waals surface area (Å²) in [5.41, 5.74) is 4.83. The fourth-order valence-corrected chi connectivity index (χ4v) is 4.94. The van der Waals surface area contributed by atoms with Gasteiger partial charge in [-0.15, -0.1) is 12.4 Å². The number of fused-ring (bicyclic) bond motifs is 1. The number of amides is 1. The van der Waals surface area contributed by atoms with Crippen LogP contribution in [0.15, 0.2) is 18.2 Å². The first-order valence-corrected chi connectivity index (χ1v) is 11.7. The second-order valence-corrected chi connectivity index (χ2v) is 9.48. The van der Waals surface area contributed by atoms with Crippen molar-refractivity contribution in [2.45, 2.75) is 40.7 Å². The van der Waals surface area contributed by atoms with E-state index < -0.39 is 0 Å². The third kappa shape index (κ3) is 4.98. The van der Waals surface area contributed by atoms with Crippen LogP contribution in [0, 0.1) is 20.8 Å². The minimum Gasteiger partial charge on any atom is -0.379 e. The van der Waals surface area contributed by atoms with Crippen LogP contribution in [-0.4, -0.2) is 65.0 Å². The van der Waals surface area contributed by atoms with Crippen LogP contribution >= 0.6 is 23.7 Å². The molecule has 3 heterocycles. The molecule has 0 radical (unpaired) electrons. The number of anilines is 1. The molecule has 0 unspecified atom stereocenters. The van der Waals surface area contributed by atoms with Crippen molar-refractivity contribution in [3.8, 4) is 0 Å². The molecule has 9 heteroatoms. The first-order chi connectivity index (χ1) is 14.8. The van der Waals surface area contributed by atoms with E-state index in [1.54, 1.807) is 11.3 Å². The smallest absolute Gasteiger partial charge is 0.278 e. The zero-order chi connectivity index (χ0) is 22.1. The zero-order valence-corrected chi connectivity index (χ0v) is 21.1. The fourth-order valence-electron chi connectivity index (χ4n) is 3.89. The molecule has 0 bridgehead atoms. The van der Waals surface area contributed by atoms with E-state index in [0.29, 0.717) is 12.2 Å². The largest absolute Gasteiger partial charge is 0.379 e. The van der Waals surface area contributed by atoms with Crippen molar-refractivity contribution in [2.24, 2.45) is 0 Å². The Morgan fingerprint density at radius 1 is 1.22 bits per heavy atom. The van der Waals surface area contributed by atoms with Crippen molar-refractivity contribution >= 4 is 45.0 Å². The molecular formula is C23H32ClN5O2S. The van der Waals surface area contributed by atoms with E-state index in [9.17, 15) is 4.79 Å². The number of morpholine rings is 1. The number of hydrogen-bond acceptors (Lipinski definition) is 6. The van der Waals surface area contributed by atoms with Crippen molar-refractivity contribution in [3.05, 3.63) is 40.7 Å². The summed E-state index contributed by atoms with van der Waals surface area (Å²) in [5, 5.41) is 5.30. The molecule has 1 saturated heterocycles. The fraction of sp³-hybridized carbons (Fsp3) is 0.522. The van der Waals surface area contributed by atoms with Crippen molar-refractivity contribution in [1.29, 1.82) is 0 Å². The Morgan fingerprint density at radius 3 is 2.62 bits per heavy atom. The highest BCUT2D eigenvalue weighted by Crippen LogP contribution is 2.33. The Morgan fingerprint density at radius 2 is 1.94 bits per heavy atom. The lowest BCUT2D eigenvalue weighted by molar-refractivity contribution is 0.0391. The average Bonchev–Trinajstić information content (AvgIpc) is 3.36. The van der Waals surface area contributed by atoms with Gasteiger partial charge in [-0.1, -0.05) is 17.4 Å². The number of halogens is 1. The lowest BCUT2D eigenvalue weighted by Gasteiger charge is -2.29. The highest BCUT2D eigenvalue weighted by molar-refractivity contribution is 7.22. The number of nitrogens with zero attached hydrogens (tertiary/aromatic N) is 5. The summed E-state index contributed by atoms with van der Waals surface area (Å²) in [6.07, 6.45) is 0. The molecule has 1 amide bonds. The van der Waals surface area contributed by atoms with Crippen molar-refractivity contribution in [3.63, 3.8) is 0 Å². The number of thiazole rings is 1. The summed E-state index contributed by atoms with van der Waals surface area (Å²) in [7, 11) is 0. The summed E-state index contributed by atoms with van der Waals surface area (Å²) in [4.78, 5) is 22.9. The van der Waals surface area contributed by atoms with Gasteiger partial charge in [0.05, 0.1) is 29.1 Å². The molecule has 0 saturated carbocycles. The molecule has 2 aromatic heterocycles. The van der Waals surface area contributed by atoms with E-state index in [-0.39, 0.29) is 24.4 Å². The molecule has 4 rings (SSSR count). The van der Waals surface area contributed by atoms with Crippen molar-refractivity contribution < 1.29 is 9.53 Å². The summed E-state index contributed by atoms with van der Waals surface area (Å²) in [6.45, 7) is 14.9. The molecular weight excluding hydrogens is 446 g/mol. The molecule has 1 aromatic carbocycles. The quantitative estimate of drug-likeness (QED) is 0.526. The SMILES string of the molecule is Cc1cc(C(=O)N(CCN2CCOCC2)c2nc3c(C)c(C)ccc3s2)n(C(C)C)n1.Cl. The topological polar surface area (TPSA) is 63.5 Å². The maximum Gasteiger partial charge on any atom is 0.278 e. The second-order valence-electron chi connectivity index (χ2n) is 8.47. The summed E-state index contributed by atoms with van der Waals surface area (Å²) < 4.78 is 8.40. The number of benzene rings is 1. The van der Waals surface area contributed by atoms with E-state index in [4.69, 9.17) is 9.72 Å². The molecule has 0 aliphatic carbocycles. The molecule has 174 valence electrons.